The summed E-state index contributed by atoms with van der Waals surface area (Å²) in [4.78, 5) is 15.4. The van der Waals surface area contributed by atoms with Crippen LogP contribution in [0.15, 0.2) is 193 Å². The summed E-state index contributed by atoms with van der Waals surface area (Å²) in [5.41, 5.74) is 9.22. The second kappa shape index (κ2) is 13.0. The number of furan rings is 1. The summed E-state index contributed by atoms with van der Waals surface area (Å²) in [6.45, 7) is 0. The van der Waals surface area contributed by atoms with Crippen molar-refractivity contribution in [3.63, 3.8) is 0 Å². The first-order chi connectivity index (χ1) is 28.7. The van der Waals surface area contributed by atoms with Crippen LogP contribution in [0.3, 0.4) is 0 Å². The monoisotopic (exact) mass is 742 g/mol. The zero-order valence-corrected chi connectivity index (χ0v) is 31.4. The lowest BCUT2D eigenvalue weighted by Gasteiger charge is -2.18. The van der Waals surface area contributed by atoms with Crippen LogP contribution in [0.1, 0.15) is 17.9 Å². The minimum Gasteiger partial charge on any atom is -0.456 e. The maximum atomic E-state index is 6.64. The zero-order chi connectivity index (χ0) is 38.2. The van der Waals surface area contributed by atoms with Crippen molar-refractivity contribution < 1.29 is 4.42 Å². The number of allylic oxidation sites excluding steroid dienone is 4. The third-order valence-corrected chi connectivity index (χ3v) is 11.7. The molecule has 0 saturated carbocycles. The molecule has 12 rings (SSSR count). The van der Waals surface area contributed by atoms with Crippen molar-refractivity contribution in [1.29, 1.82) is 0 Å². The summed E-state index contributed by atoms with van der Waals surface area (Å²) < 4.78 is 9.06. The summed E-state index contributed by atoms with van der Waals surface area (Å²) >= 11 is 0. The SMILES string of the molecule is C1=CCC(c2ccccc2-c2nc(-c3ccccc3)nc(-c3ccc4c(ccc5oc6cccc(-n7c8ccccc8c8cc9ccccc9cc87)c6c54)c3)n2)C=C1. The van der Waals surface area contributed by atoms with Gasteiger partial charge in [-0.15, -0.1) is 0 Å². The molecule has 0 fully saturated rings. The molecule has 58 heavy (non-hydrogen) atoms. The largest absolute Gasteiger partial charge is 0.456 e. The van der Waals surface area contributed by atoms with Gasteiger partial charge in [-0.1, -0.05) is 146 Å². The Morgan fingerprint density at radius 1 is 0.483 bits per heavy atom. The van der Waals surface area contributed by atoms with Gasteiger partial charge in [0.25, 0.3) is 0 Å². The Morgan fingerprint density at radius 2 is 1.24 bits per heavy atom. The molecule has 1 aliphatic rings. The van der Waals surface area contributed by atoms with Crippen LogP contribution in [0.2, 0.25) is 0 Å². The Hall–Kier alpha value is -7.63. The number of aromatic nitrogens is 4. The van der Waals surface area contributed by atoms with E-state index in [1.165, 1.54) is 32.6 Å². The highest BCUT2D eigenvalue weighted by Gasteiger charge is 2.22. The second-order valence-electron chi connectivity index (χ2n) is 15.1. The molecule has 3 heterocycles. The van der Waals surface area contributed by atoms with Gasteiger partial charge in [0, 0.05) is 38.8 Å². The summed E-state index contributed by atoms with van der Waals surface area (Å²) in [5, 5.41) is 9.27. The van der Waals surface area contributed by atoms with Crippen LogP contribution < -0.4 is 0 Å². The molecule has 0 amide bonds. The van der Waals surface area contributed by atoms with Gasteiger partial charge in [0.15, 0.2) is 17.5 Å². The van der Waals surface area contributed by atoms with Crippen LogP contribution in [0, 0.1) is 0 Å². The van der Waals surface area contributed by atoms with E-state index >= 15 is 0 Å². The van der Waals surface area contributed by atoms with Gasteiger partial charge in [0.05, 0.1) is 22.1 Å². The lowest BCUT2D eigenvalue weighted by molar-refractivity contribution is 0.669. The number of fused-ring (bicyclic) bond motifs is 9. The molecule has 0 aliphatic heterocycles. The Kier molecular flexibility index (Phi) is 7.29. The van der Waals surface area contributed by atoms with Crippen LogP contribution >= 0.6 is 0 Å². The fourth-order valence-corrected chi connectivity index (χ4v) is 9.04. The van der Waals surface area contributed by atoms with Crippen molar-refractivity contribution in [3.8, 4) is 39.9 Å². The highest BCUT2D eigenvalue weighted by Crippen LogP contribution is 2.43. The number of para-hydroxylation sites is 1. The molecule has 0 bridgehead atoms. The van der Waals surface area contributed by atoms with Gasteiger partial charge in [-0.05, 0) is 76.0 Å². The zero-order valence-electron chi connectivity index (χ0n) is 31.4. The Morgan fingerprint density at radius 3 is 2.12 bits per heavy atom. The molecule has 5 heteroatoms. The molecule has 1 aliphatic carbocycles. The molecule has 5 nitrogen and oxygen atoms in total. The number of rotatable bonds is 5. The quantitative estimate of drug-likeness (QED) is 0.176. The number of hydrogen-bond acceptors (Lipinski definition) is 4. The number of nitrogens with zero attached hydrogens (tertiary/aromatic N) is 4. The number of hydrogen-bond donors (Lipinski definition) is 0. The molecule has 8 aromatic carbocycles. The van der Waals surface area contributed by atoms with E-state index in [-0.39, 0.29) is 5.92 Å². The minimum absolute atomic E-state index is 0.251. The first kappa shape index (κ1) is 32.6. The molecule has 1 unspecified atom stereocenters. The Labute approximate surface area is 333 Å². The first-order valence-corrected chi connectivity index (χ1v) is 19.8. The average Bonchev–Trinajstić information content (AvgIpc) is 3.84. The molecule has 3 aromatic heterocycles. The van der Waals surface area contributed by atoms with Crippen molar-refractivity contribution in [1.82, 2.24) is 19.5 Å². The van der Waals surface area contributed by atoms with E-state index in [1.54, 1.807) is 0 Å². The van der Waals surface area contributed by atoms with E-state index in [1.807, 2.05) is 18.2 Å². The first-order valence-electron chi connectivity index (χ1n) is 19.8. The summed E-state index contributed by atoms with van der Waals surface area (Å²) in [6.07, 6.45) is 9.66. The molecule has 0 radical (unpaired) electrons. The summed E-state index contributed by atoms with van der Waals surface area (Å²) in [6, 6.07) is 57.8. The molecule has 272 valence electrons. The molecular weight excluding hydrogens is 709 g/mol. The molecular formula is C53H34N4O. The molecule has 1 atom stereocenters. The van der Waals surface area contributed by atoms with Crippen molar-refractivity contribution in [2.75, 3.05) is 0 Å². The molecule has 11 aromatic rings. The van der Waals surface area contributed by atoms with Crippen molar-refractivity contribution >= 4 is 65.3 Å². The van der Waals surface area contributed by atoms with E-state index in [0.29, 0.717) is 17.5 Å². The molecule has 0 N–H and O–H groups in total. The maximum Gasteiger partial charge on any atom is 0.164 e. The molecule has 0 saturated heterocycles. The predicted octanol–water partition coefficient (Wildman–Crippen LogP) is 13.8. The van der Waals surface area contributed by atoms with Crippen molar-refractivity contribution in [2.45, 2.75) is 12.3 Å². The maximum absolute atomic E-state index is 6.64. The van der Waals surface area contributed by atoms with Crippen LogP contribution in [0.25, 0.3) is 105 Å². The fraction of sp³-hybridized carbons (Fsp3) is 0.0377. The van der Waals surface area contributed by atoms with Crippen LogP contribution in [0.5, 0.6) is 0 Å². The lowest BCUT2D eigenvalue weighted by Crippen LogP contribution is -2.04. The lowest BCUT2D eigenvalue weighted by atomic mass is 9.89. The summed E-state index contributed by atoms with van der Waals surface area (Å²) in [7, 11) is 0. The normalized spacial score (nSPS) is 14.2. The van der Waals surface area contributed by atoms with Gasteiger partial charge in [0.2, 0.25) is 0 Å². The third kappa shape index (κ3) is 5.14. The van der Waals surface area contributed by atoms with Gasteiger partial charge in [0.1, 0.15) is 11.2 Å². The van der Waals surface area contributed by atoms with E-state index in [0.717, 1.165) is 67.0 Å². The Bertz CT molecular complexity index is 3500. The van der Waals surface area contributed by atoms with E-state index < -0.39 is 0 Å². The predicted molar refractivity (Wildman–Crippen MR) is 238 cm³/mol. The standard InChI is InChI=1S/C53H34N4O/c1-3-14-33(15-4-1)39-20-9-10-22-42(39)53-55-51(34-16-5-2-6-17-34)54-52(56-53)38-26-28-40-37(30-38)27-29-48-49(40)50-45(24-13-25-47(50)58-48)57-44-23-12-11-21-41(44)43-31-35-18-7-8-19-36(35)32-46(43)57/h1-14,16-33H,15H2. The summed E-state index contributed by atoms with van der Waals surface area (Å²) in [5.74, 6) is 2.20. The topological polar surface area (TPSA) is 56.7 Å². The minimum atomic E-state index is 0.251. The van der Waals surface area contributed by atoms with Gasteiger partial charge in [-0.25, -0.2) is 15.0 Å². The van der Waals surface area contributed by atoms with Crippen LogP contribution in [-0.2, 0) is 0 Å². The highest BCUT2D eigenvalue weighted by atomic mass is 16.3. The van der Waals surface area contributed by atoms with E-state index in [9.17, 15) is 0 Å². The third-order valence-electron chi connectivity index (χ3n) is 11.7. The van der Waals surface area contributed by atoms with Gasteiger partial charge in [-0.2, -0.15) is 0 Å². The Balaban J connectivity index is 1.06. The van der Waals surface area contributed by atoms with Crippen LogP contribution in [-0.4, -0.2) is 19.5 Å². The molecule has 0 spiro atoms. The van der Waals surface area contributed by atoms with Crippen LogP contribution in [0.4, 0.5) is 0 Å². The average molecular weight is 743 g/mol. The smallest absolute Gasteiger partial charge is 0.164 e. The second-order valence-corrected chi connectivity index (χ2v) is 15.1. The van der Waals surface area contributed by atoms with Crippen molar-refractivity contribution in [2.24, 2.45) is 0 Å². The van der Waals surface area contributed by atoms with E-state index in [2.05, 4.69) is 174 Å². The van der Waals surface area contributed by atoms with Gasteiger partial charge in [-0.3, -0.25) is 0 Å². The van der Waals surface area contributed by atoms with E-state index in [4.69, 9.17) is 19.4 Å². The number of benzene rings is 8. The fourth-order valence-electron chi connectivity index (χ4n) is 9.04. The highest BCUT2D eigenvalue weighted by molar-refractivity contribution is 6.23. The van der Waals surface area contributed by atoms with Gasteiger partial charge >= 0.3 is 0 Å². The van der Waals surface area contributed by atoms with Crippen molar-refractivity contribution in [3.05, 3.63) is 194 Å². The van der Waals surface area contributed by atoms with Gasteiger partial charge < -0.3 is 8.98 Å².